The van der Waals surface area contributed by atoms with Gasteiger partial charge in [0.25, 0.3) is 0 Å². The van der Waals surface area contributed by atoms with Gasteiger partial charge in [-0.15, -0.1) is 0 Å². The summed E-state index contributed by atoms with van der Waals surface area (Å²) >= 11 is 0. The largest absolute Gasteiger partial charge is 0.374 e. The van der Waals surface area contributed by atoms with Crippen LogP contribution in [0, 0.1) is 12.8 Å². The molecular formula is C21H28N4O3S. The minimum Gasteiger partial charge on any atom is -0.374 e. The van der Waals surface area contributed by atoms with Crippen molar-refractivity contribution in [1.29, 1.82) is 0 Å². The number of sulfonamides is 1. The molecule has 0 N–H and O–H groups in total. The van der Waals surface area contributed by atoms with Crippen LogP contribution in [0.15, 0.2) is 24.5 Å². The Balaban J connectivity index is 1.35. The summed E-state index contributed by atoms with van der Waals surface area (Å²) in [4.78, 5) is 9.09. The Kier molecular flexibility index (Phi) is 4.96. The second-order valence-corrected chi connectivity index (χ2v) is 10.9. The molecule has 0 radical (unpaired) electrons. The maximum absolute atomic E-state index is 12.9. The first-order valence-corrected chi connectivity index (χ1v) is 12.0. The van der Waals surface area contributed by atoms with Crippen LogP contribution in [0.4, 0.5) is 0 Å². The van der Waals surface area contributed by atoms with E-state index in [1.165, 1.54) is 12.8 Å². The third-order valence-corrected chi connectivity index (χ3v) is 8.38. The van der Waals surface area contributed by atoms with Gasteiger partial charge in [0.15, 0.2) is 0 Å². The van der Waals surface area contributed by atoms with Crippen LogP contribution in [0.2, 0.25) is 0 Å². The average molecular weight is 417 g/mol. The number of hydrogen-bond acceptors (Lipinski definition) is 5. The van der Waals surface area contributed by atoms with Gasteiger partial charge >= 0.3 is 0 Å². The Morgan fingerprint density at radius 3 is 2.76 bits per heavy atom. The Morgan fingerprint density at radius 2 is 2.03 bits per heavy atom. The highest BCUT2D eigenvalue weighted by Gasteiger charge is 2.44. The normalized spacial score (nSPS) is 22.6. The monoisotopic (exact) mass is 416 g/mol. The van der Waals surface area contributed by atoms with E-state index in [2.05, 4.69) is 14.5 Å². The zero-order valence-electron chi connectivity index (χ0n) is 16.8. The Morgan fingerprint density at radius 1 is 1.21 bits per heavy atom. The van der Waals surface area contributed by atoms with Gasteiger partial charge in [0.05, 0.1) is 42.7 Å². The summed E-state index contributed by atoms with van der Waals surface area (Å²) < 4.78 is 35.7. The van der Waals surface area contributed by atoms with Gasteiger partial charge in [0, 0.05) is 30.4 Å². The molecule has 0 aromatic carbocycles. The van der Waals surface area contributed by atoms with E-state index >= 15 is 0 Å². The molecule has 3 aliphatic rings. The second kappa shape index (κ2) is 7.49. The first kappa shape index (κ1) is 19.2. The fourth-order valence-corrected chi connectivity index (χ4v) is 6.04. The van der Waals surface area contributed by atoms with E-state index in [0.29, 0.717) is 26.3 Å². The zero-order chi connectivity index (χ0) is 20.0. The summed E-state index contributed by atoms with van der Waals surface area (Å²) in [6.07, 6.45) is 6.00. The molecule has 8 heteroatoms. The highest BCUT2D eigenvalue weighted by molar-refractivity contribution is 7.90. The maximum Gasteiger partial charge on any atom is 0.217 e. The second-order valence-electron chi connectivity index (χ2n) is 8.69. The number of fused-ring (bicyclic) bond motifs is 1. The molecule has 0 amide bonds. The molecule has 5 rings (SSSR count). The number of aromatic nitrogens is 3. The topological polar surface area (TPSA) is 77.3 Å². The Hall–Kier alpha value is -1.77. The number of nitrogens with zero attached hydrogens (tertiary/aromatic N) is 4. The molecular weight excluding hydrogens is 388 g/mol. The smallest absolute Gasteiger partial charge is 0.217 e. The Labute approximate surface area is 172 Å². The van der Waals surface area contributed by atoms with Crippen molar-refractivity contribution in [3.05, 3.63) is 47.3 Å². The van der Waals surface area contributed by atoms with Crippen LogP contribution in [0.1, 0.15) is 54.4 Å². The lowest BCUT2D eigenvalue weighted by molar-refractivity contribution is 0.0933. The van der Waals surface area contributed by atoms with Crippen LogP contribution in [-0.2, 0) is 34.5 Å². The van der Waals surface area contributed by atoms with Gasteiger partial charge in [-0.05, 0) is 50.7 Å². The number of imidazole rings is 1. The van der Waals surface area contributed by atoms with Crippen LogP contribution in [-0.4, -0.2) is 45.7 Å². The molecule has 0 bridgehead atoms. The minimum atomic E-state index is -3.23. The predicted molar refractivity (Wildman–Crippen MR) is 109 cm³/mol. The van der Waals surface area contributed by atoms with Crippen LogP contribution in [0.25, 0.3) is 0 Å². The van der Waals surface area contributed by atoms with E-state index in [1.54, 1.807) is 4.31 Å². The first-order valence-electron chi connectivity index (χ1n) is 10.5. The lowest BCUT2D eigenvalue weighted by atomic mass is 10.0. The van der Waals surface area contributed by atoms with Crippen molar-refractivity contribution >= 4 is 10.0 Å². The van der Waals surface area contributed by atoms with Crippen molar-refractivity contribution in [2.24, 2.45) is 5.92 Å². The van der Waals surface area contributed by atoms with Gasteiger partial charge in [-0.1, -0.05) is 6.07 Å². The minimum absolute atomic E-state index is 0.00154. The molecule has 2 fully saturated rings. The summed E-state index contributed by atoms with van der Waals surface area (Å²) in [5.41, 5.74) is 3.92. The fraction of sp³-hybridized carbons (Fsp3) is 0.619. The zero-order valence-corrected chi connectivity index (χ0v) is 17.6. The summed E-state index contributed by atoms with van der Waals surface area (Å²) in [5, 5.41) is -0.198. The van der Waals surface area contributed by atoms with Gasteiger partial charge in [-0.2, -0.15) is 4.31 Å². The lowest BCUT2D eigenvalue weighted by Crippen LogP contribution is -2.41. The molecule has 156 valence electrons. The summed E-state index contributed by atoms with van der Waals surface area (Å²) in [6, 6.07) is 5.91. The molecule has 7 nitrogen and oxygen atoms in total. The molecule has 3 heterocycles. The molecule has 1 aliphatic heterocycles. The highest BCUT2D eigenvalue weighted by atomic mass is 32.2. The molecule has 2 aliphatic carbocycles. The molecule has 2 aromatic rings. The fourth-order valence-electron chi connectivity index (χ4n) is 4.20. The van der Waals surface area contributed by atoms with E-state index in [0.717, 1.165) is 48.1 Å². The van der Waals surface area contributed by atoms with Gasteiger partial charge in [0.2, 0.25) is 10.0 Å². The quantitative estimate of drug-likeness (QED) is 0.661. The molecule has 1 unspecified atom stereocenters. The van der Waals surface area contributed by atoms with Crippen LogP contribution in [0.5, 0.6) is 0 Å². The van der Waals surface area contributed by atoms with Crippen LogP contribution in [0.3, 0.4) is 0 Å². The van der Waals surface area contributed by atoms with Crippen molar-refractivity contribution in [2.75, 3.05) is 13.2 Å². The predicted octanol–water partition coefficient (Wildman–Crippen LogP) is 2.60. The van der Waals surface area contributed by atoms with Crippen molar-refractivity contribution in [2.45, 2.75) is 63.5 Å². The first-order chi connectivity index (χ1) is 14.0. The number of hydrogen-bond donors (Lipinski definition) is 0. The van der Waals surface area contributed by atoms with E-state index in [-0.39, 0.29) is 11.2 Å². The van der Waals surface area contributed by atoms with Gasteiger partial charge < -0.3 is 9.30 Å². The maximum atomic E-state index is 12.9. The molecule has 0 saturated heterocycles. The molecule has 0 spiro atoms. The number of ether oxygens (including phenoxy) is 1. The van der Waals surface area contributed by atoms with Crippen molar-refractivity contribution in [3.8, 4) is 0 Å². The standard InChI is InChI=1S/C21H28N4O3S/c1-15-3-2-4-18(23-15)13-28-12-17-10-25(29(26,27)19-7-8-19)11-20-21(17)24(14-22-20)9-16-5-6-16/h2-4,14,16-17,19H,5-13H2,1H3. The molecule has 2 aromatic heterocycles. The molecule has 1 atom stereocenters. The SMILES string of the molecule is Cc1cccc(COCC2CN(S(=O)(=O)C3CC3)Cc3ncn(CC4CC4)c32)n1. The number of aryl methyl sites for hydroxylation is 1. The van der Waals surface area contributed by atoms with Gasteiger partial charge in [-0.3, -0.25) is 4.98 Å². The van der Waals surface area contributed by atoms with Crippen molar-refractivity contribution < 1.29 is 13.2 Å². The molecule has 29 heavy (non-hydrogen) atoms. The van der Waals surface area contributed by atoms with E-state index in [9.17, 15) is 8.42 Å². The highest BCUT2D eigenvalue weighted by Crippen LogP contribution is 2.38. The van der Waals surface area contributed by atoms with Gasteiger partial charge in [-0.25, -0.2) is 13.4 Å². The molecule has 2 saturated carbocycles. The summed E-state index contributed by atoms with van der Waals surface area (Å²) in [5.74, 6) is 0.734. The van der Waals surface area contributed by atoms with E-state index < -0.39 is 10.0 Å². The van der Waals surface area contributed by atoms with E-state index in [1.807, 2.05) is 31.5 Å². The number of pyridine rings is 1. The number of rotatable bonds is 8. The van der Waals surface area contributed by atoms with Crippen molar-refractivity contribution in [3.63, 3.8) is 0 Å². The summed E-state index contributed by atoms with van der Waals surface area (Å²) in [7, 11) is -3.23. The third-order valence-electron chi connectivity index (χ3n) is 6.07. The Bertz CT molecular complexity index is 995. The lowest BCUT2D eigenvalue weighted by Gasteiger charge is -2.32. The van der Waals surface area contributed by atoms with Gasteiger partial charge in [0.1, 0.15) is 0 Å². The van der Waals surface area contributed by atoms with E-state index in [4.69, 9.17) is 4.74 Å². The van der Waals surface area contributed by atoms with Crippen LogP contribution < -0.4 is 0 Å². The van der Waals surface area contributed by atoms with Crippen molar-refractivity contribution in [1.82, 2.24) is 18.8 Å². The van der Waals surface area contributed by atoms with Crippen LogP contribution >= 0.6 is 0 Å². The summed E-state index contributed by atoms with van der Waals surface area (Å²) in [6.45, 7) is 4.71. The average Bonchev–Trinajstić information content (AvgIpc) is 3.60. The third kappa shape index (κ3) is 4.11.